The van der Waals surface area contributed by atoms with E-state index in [2.05, 4.69) is 35.8 Å². The average molecular weight is 400 g/mol. The van der Waals surface area contributed by atoms with Crippen molar-refractivity contribution in [3.8, 4) is 0 Å². The number of aromatic nitrogens is 5. The number of hydrogen-bond donors (Lipinski definition) is 3. The Bertz CT molecular complexity index is 959. The first-order valence-electron chi connectivity index (χ1n) is 8.94. The average Bonchev–Trinajstić information content (AvgIpc) is 3.18. The van der Waals surface area contributed by atoms with Gasteiger partial charge in [0.2, 0.25) is 5.82 Å². The number of aromatic amines is 1. The van der Waals surface area contributed by atoms with Gasteiger partial charge in [-0.15, -0.1) is 0 Å². The van der Waals surface area contributed by atoms with Gasteiger partial charge in [-0.2, -0.15) is 5.10 Å². The molecule has 3 N–H and O–H groups in total. The Kier molecular flexibility index (Phi) is 6.20. The summed E-state index contributed by atoms with van der Waals surface area (Å²) in [6.07, 6.45) is 4.42. The topological polar surface area (TPSA) is 108 Å². The highest BCUT2D eigenvalue weighted by Crippen LogP contribution is 2.17. The van der Waals surface area contributed by atoms with Crippen molar-refractivity contribution >= 4 is 23.3 Å². The van der Waals surface area contributed by atoms with E-state index in [-0.39, 0.29) is 17.8 Å². The first kappa shape index (κ1) is 19.8. The molecule has 0 fully saturated rings. The van der Waals surface area contributed by atoms with E-state index in [4.69, 9.17) is 11.6 Å². The maximum Gasteiger partial charge on any atom is 0.289 e. The molecule has 3 rings (SSSR count). The van der Waals surface area contributed by atoms with Crippen molar-refractivity contribution in [3.05, 3.63) is 64.1 Å². The molecule has 3 heterocycles. The molecular formula is C19H22ClN7O. The lowest BCUT2D eigenvalue weighted by Crippen LogP contribution is -2.29. The Labute approximate surface area is 168 Å². The lowest BCUT2D eigenvalue weighted by atomic mass is 10.2. The van der Waals surface area contributed by atoms with Gasteiger partial charge in [-0.25, -0.2) is 15.0 Å². The fraction of sp³-hybridized carbons (Fsp3) is 0.316. The van der Waals surface area contributed by atoms with Gasteiger partial charge in [0.15, 0.2) is 0 Å². The summed E-state index contributed by atoms with van der Waals surface area (Å²) in [5.74, 6) is 0.396. The highest BCUT2D eigenvalue weighted by Gasteiger charge is 2.18. The number of halogens is 1. The third-order valence-corrected chi connectivity index (χ3v) is 4.59. The molecule has 0 aliphatic heterocycles. The highest BCUT2D eigenvalue weighted by atomic mass is 35.5. The van der Waals surface area contributed by atoms with Gasteiger partial charge in [0.25, 0.3) is 5.91 Å². The maximum atomic E-state index is 12.7. The van der Waals surface area contributed by atoms with Crippen LogP contribution in [-0.4, -0.2) is 37.6 Å². The minimum absolute atomic E-state index is 0.114. The Morgan fingerprint density at radius 3 is 2.79 bits per heavy atom. The molecule has 0 saturated carbocycles. The lowest BCUT2D eigenvalue weighted by molar-refractivity contribution is 0.0928. The number of carbonyl (C=O) groups excluding carboxylic acids is 1. The molecule has 3 aromatic heterocycles. The van der Waals surface area contributed by atoms with Crippen LogP contribution in [0.1, 0.15) is 46.1 Å². The maximum absolute atomic E-state index is 12.7. The zero-order valence-electron chi connectivity index (χ0n) is 16.0. The van der Waals surface area contributed by atoms with Gasteiger partial charge in [-0.05, 0) is 44.9 Å². The smallest absolute Gasteiger partial charge is 0.289 e. The number of rotatable bonds is 7. The Morgan fingerprint density at radius 2 is 2.07 bits per heavy atom. The standard InChI is InChI=1S/C19H22ClN7O/c1-11-12(2)24-18(27-17(11)21-8-7-14-9-22-23-10-14)19(28)25-13(3)15-5-4-6-16(20)26-15/h4-6,9-10,13H,7-8H2,1-3H3,(H,22,23)(H,25,28)(H,21,24,27). The van der Waals surface area contributed by atoms with Gasteiger partial charge < -0.3 is 10.6 Å². The van der Waals surface area contributed by atoms with E-state index in [0.717, 1.165) is 23.2 Å². The zero-order valence-corrected chi connectivity index (χ0v) is 16.7. The second-order valence-corrected chi connectivity index (χ2v) is 6.86. The molecule has 0 aliphatic rings. The van der Waals surface area contributed by atoms with E-state index in [0.29, 0.717) is 23.2 Å². The summed E-state index contributed by atoms with van der Waals surface area (Å²) in [6.45, 7) is 6.29. The third kappa shape index (κ3) is 4.83. The second-order valence-electron chi connectivity index (χ2n) is 6.47. The number of hydrogen-bond acceptors (Lipinski definition) is 6. The summed E-state index contributed by atoms with van der Waals surface area (Å²) in [4.78, 5) is 25.6. The van der Waals surface area contributed by atoms with Crippen LogP contribution < -0.4 is 10.6 Å². The number of aryl methyl sites for hydroxylation is 1. The number of H-pyrrole nitrogens is 1. The van der Waals surface area contributed by atoms with Gasteiger partial charge in [0.1, 0.15) is 11.0 Å². The van der Waals surface area contributed by atoms with Crippen molar-refractivity contribution in [1.29, 1.82) is 0 Å². The SMILES string of the molecule is Cc1nc(C(=O)NC(C)c2cccc(Cl)n2)nc(NCCc2cn[nH]c2)c1C. The molecule has 8 nitrogen and oxygen atoms in total. The van der Waals surface area contributed by atoms with Crippen LogP contribution in [0.15, 0.2) is 30.6 Å². The van der Waals surface area contributed by atoms with Crippen LogP contribution in [0.5, 0.6) is 0 Å². The largest absolute Gasteiger partial charge is 0.369 e. The summed E-state index contributed by atoms with van der Waals surface area (Å²) in [5.41, 5.74) is 3.42. The fourth-order valence-electron chi connectivity index (χ4n) is 2.64. The molecule has 28 heavy (non-hydrogen) atoms. The fourth-order valence-corrected chi connectivity index (χ4v) is 2.81. The van der Waals surface area contributed by atoms with Crippen molar-refractivity contribution in [3.63, 3.8) is 0 Å². The molecule has 0 radical (unpaired) electrons. The number of nitrogens with zero attached hydrogens (tertiary/aromatic N) is 4. The molecule has 0 spiro atoms. The van der Waals surface area contributed by atoms with E-state index < -0.39 is 0 Å². The van der Waals surface area contributed by atoms with E-state index >= 15 is 0 Å². The van der Waals surface area contributed by atoms with Crippen LogP contribution in [0.25, 0.3) is 0 Å². The number of pyridine rings is 1. The van der Waals surface area contributed by atoms with Crippen LogP contribution in [0.4, 0.5) is 5.82 Å². The van der Waals surface area contributed by atoms with Crippen LogP contribution in [-0.2, 0) is 6.42 Å². The van der Waals surface area contributed by atoms with Crippen molar-refractivity contribution < 1.29 is 4.79 Å². The summed E-state index contributed by atoms with van der Waals surface area (Å²) in [7, 11) is 0. The molecule has 0 aromatic carbocycles. The molecule has 0 saturated heterocycles. The summed E-state index contributed by atoms with van der Waals surface area (Å²) in [5, 5.41) is 13.2. The predicted molar refractivity (Wildman–Crippen MR) is 107 cm³/mol. The molecular weight excluding hydrogens is 378 g/mol. The van der Waals surface area contributed by atoms with E-state index in [9.17, 15) is 4.79 Å². The molecule has 1 atom stereocenters. The molecule has 0 bridgehead atoms. The van der Waals surface area contributed by atoms with Crippen LogP contribution in [0.3, 0.4) is 0 Å². The van der Waals surface area contributed by atoms with Gasteiger partial charge in [-0.1, -0.05) is 17.7 Å². The van der Waals surface area contributed by atoms with Gasteiger partial charge in [0.05, 0.1) is 17.9 Å². The molecule has 1 amide bonds. The Morgan fingerprint density at radius 1 is 1.25 bits per heavy atom. The first-order chi connectivity index (χ1) is 13.4. The van der Waals surface area contributed by atoms with E-state index in [1.807, 2.05) is 27.0 Å². The lowest BCUT2D eigenvalue weighted by Gasteiger charge is -2.15. The minimum atomic E-state index is -0.365. The first-order valence-corrected chi connectivity index (χ1v) is 9.32. The van der Waals surface area contributed by atoms with E-state index in [1.54, 1.807) is 24.4 Å². The van der Waals surface area contributed by atoms with Crippen molar-refractivity contribution in [1.82, 2.24) is 30.5 Å². The number of anilines is 1. The Hall–Kier alpha value is -3.00. The molecule has 9 heteroatoms. The molecule has 0 aliphatic carbocycles. The third-order valence-electron chi connectivity index (χ3n) is 4.38. The van der Waals surface area contributed by atoms with Crippen LogP contribution in [0.2, 0.25) is 5.15 Å². The Balaban J connectivity index is 1.70. The predicted octanol–water partition coefficient (Wildman–Crippen LogP) is 3.01. The van der Waals surface area contributed by atoms with Gasteiger partial charge in [0, 0.05) is 24.0 Å². The van der Waals surface area contributed by atoms with Crippen LogP contribution >= 0.6 is 11.6 Å². The molecule has 146 valence electrons. The van der Waals surface area contributed by atoms with Crippen molar-refractivity contribution in [2.45, 2.75) is 33.2 Å². The summed E-state index contributed by atoms with van der Waals surface area (Å²) in [6, 6.07) is 4.96. The van der Waals surface area contributed by atoms with Crippen LogP contribution in [0, 0.1) is 13.8 Å². The van der Waals surface area contributed by atoms with Crippen molar-refractivity contribution in [2.24, 2.45) is 0 Å². The number of amides is 1. The van der Waals surface area contributed by atoms with Gasteiger partial charge in [-0.3, -0.25) is 9.89 Å². The molecule has 1 unspecified atom stereocenters. The number of carbonyl (C=O) groups is 1. The van der Waals surface area contributed by atoms with Gasteiger partial charge >= 0.3 is 0 Å². The number of nitrogens with one attached hydrogen (secondary N) is 3. The normalized spacial score (nSPS) is 11.9. The minimum Gasteiger partial charge on any atom is -0.369 e. The molecule has 3 aromatic rings. The van der Waals surface area contributed by atoms with Crippen molar-refractivity contribution in [2.75, 3.05) is 11.9 Å². The summed E-state index contributed by atoms with van der Waals surface area (Å²) >= 11 is 5.92. The second kappa shape index (κ2) is 8.79. The highest BCUT2D eigenvalue weighted by molar-refractivity contribution is 6.29. The zero-order chi connectivity index (χ0) is 20.1. The summed E-state index contributed by atoms with van der Waals surface area (Å²) < 4.78 is 0. The van der Waals surface area contributed by atoms with E-state index in [1.165, 1.54) is 0 Å². The monoisotopic (exact) mass is 399 g/mol. The quantitative estimate of drug-likeness (QED) is 0.527.